The van der Waals surface area contributed by atoms with Crippen LogP contribution in [0.4, 0.5) is 0 Å². The number of ether oxygens (including phenoxy) is 1. The lowest BCUT2D eigenvalue weighted by Gasteiger charge is -2.25. The summed E-state index contributed by atoms with van der Waals surface area (Å²) in [4.78, 5) is 2.52. The highest BCUT2D eigenvalue weighted by Crippen LogP contribution is 2.41. The molecular weight excluding hydrogens is 394 g/mol. The van der Waals surface area contributed by atoms with Gasteiger partial charge in [0, 0.05) is 9.79 Å². The quantitative estimate of drug-likeness (QED) is 0.411. The molecule has 30 heavy (non-hydrogen) atoms. The van der Waals surface area contributed by atoms with E-state index in [9.17, 15) is 10.2 Å². The first-order valence-electron chi connectivity index (χ1n) is 10.2. The Kier molecular flexibility index (Phi) is 6.16. The fourth-order valence-electron chi connectivity index (χ4n) is 3.55. The van der Waals surface area contributed by atoms with Crippen LogP contribution in [-0.2, 0) is 12.8 Å². The third-order valence-electron chi connectivity index (χ3n) is 5.56. The van der Waals surface area contributed by atoms with Gasteiger partial charge in [-0.15, -0.1) is 0 Å². The molecule has 4 N–H and O–H groups in total. The van der Waals surface area contributed by atoms with Crippen LogP contribution in [0.3, 0.4) is 0 Å². The summed E-state index contributed by atoms with van der Waals surface area (Å²) < 4.78 is 6.04. The van der Waals surface area contributed by atoms with Crippen LogP contribution in [0, 0.1) is 6.92 Å². The molecule has 5 heteroatoms. The predicted octanol–water partition coefficient (Wildman–Crippen LogP) is 4.46. The van der Waals surface area contributed by atoms with Crippen molar-refractivity contribution >= 4 is 11.8 Å². The normalized spacial score (nSPS) is 12.9. The van der Waals surface area contributed by atoms with E-state index < -0.39 is 5.54 Å². The summed E-state index contributed by atoms with van der Waals surface area (Å²) >= 11 is 1.78. The topological polar surface area (TPSA) is 75.7 Å². The maximum Gasteiger partial charge on any atom is 0.127 e. The Bertz CT molecular complexity index is 1030. The first-order chi connectivity index (χ1) is 14.5. The Morgan fingerprint density at radius 3 is 2.23 bits per heavy atom. The molecule has 0 aromatic heterocycles. The highest BCUT2D eigenvalue weighted by molar-refractivity contribution is 7.99. The largest absolute Gasteiger partial charge is 0.457 e. The summed E-state index contributed by atoms with van der Waals surface area (Å²) in [6, 6.07) is 20.8. The third-order valence-corrected chi connectivity index (χ3v) is 6.79. The van der Waals surface area contributed by atoms with Crippen molar-refractivity contribution < 1.29 is 14.9 Å². The van der Waals surface area contributed by atoms with E-state index in [0.29, 0.717) is 6.42 Å². The third kappa shape index (κ3) is 4.71. The zero-order valence-corrected chi connectivity index (χ0v) is 17.9. The number of rotatable bonds is 7. The Morgan fingerprint density at radius 2 is 1.53 bits per heavy atom. The summed E-state index contributed by atoms with van der Waals surface area (Å²) in [6.07, 6.45) is 2.11. The monoisotopic (exact) mass is 421 g/mol. The molecule has 0 amide bonds. The Hall–Kier alpha value is -2.31. The molecule has 0 atom stereocenters. The van der Waals surface area contributed by atoms with Crippen molar-refractivity contribution in [2.24, 2.45) is 5.73 Å². The van der Waals surface area contributed by atoms with Crippen LogP contribution >= 0.6 is 11.8 Å². The molecule has 4 rings (SSSR count). The summed E-state index contributed by atoms with van der Waals surface area (Å²) in [5.41, 5.74) is 10.0. The minimum absolute atomic E-state index is 0.221. The van der Waals surface area contributed by atoms with Crippen LogP contribution in [0.5, 0.6) is 11.5 Å². The van der Waals surface area contributed by atoms with Crippen molar-refractivity contribution in [3.8, 4) is 11.5 Å². The zero-order valence-electron chi connectivity index (χ0n) is 17.1. The number of hydrogen-bond donors (Lipinski definition) is 3. The average Bonchev–Trinajstić information content (AvgIpc) is 2.77. The molecule has 156 valence electrons. The molecule has 0 radical (unpaired) electrons. The van der Waals surface area contributed by atoms with Gasteiger partial charge in [-0.3, -0.25) is 0 Å². The van der Waals surface area contributed by atoms with Gasteiger partial charge in [-0.1, -0.05) is 41.6 Å². The van der Waals surface area contributed by atoms with Crippen LogP contribution in [0.1, 0.15) is 28.7 Å². The van der Waals surface area contributed by atoms with Gasteiger partial charge in [0.15, 0.2) is 0 Å². The van der Waals surface area contributed by atoms with Gasteiger partial charge in [0.1, 0.15) is 11.5 Å². The molecule has 1 aliphatic rings. The molecule has 0 saturated carbocycles. The van der Waals surface area contributed by atoms with Gasteiger partial charge in [0.2, 0.25) is 0 Å². The molecule has 0 aliphatic carbocycles. The molecule has 0 saturated heterocycles. The van der Waals surface area contributed by atoms with Crippen LogP contribution < -0.4 is 10.5 Å². The lowest BCUT2D eigenvalue weighted by atomic mass is 9.92. The van der Waals surface area contributed by atoms with E-state index in [-0.39, 0.29) is 13.2 Å². The number of aryl methyl sites for hydroxylation is 2. The van der Waals surface area contributed by atoms with Gasteiger partial charge in [0.05, 0.1) is 18.8 Å². The van der Waals surface area contributed by atoms with Crippen molar-refractivity contribution in [2.45, 2.75) is 41.5 Å². The molecule has 3 aromatic rings. The predicted molar refractivity (Wildman–Crippen MR) is 120 cm³/mol. The summed E-state index contributed by atoms with van der Waals surface area (Å²) in [5.74, 6) is 1.68. The number of aliphatic hydroxyl groups is 2. The van der Waals surface area contributed by atoms with Gasteiger partial charge >= 0.3 is 0 Å². The molecule has 0 bridgehead atoms. The fourth-order valence-corrected chi connectivity index (χ4v) is 4.58. The van der Waals surface area contributed by atoms with E-state index in [1.807, 2.05) is 30.3 Å². The number of fused-ring (bicyclic) bond motifs is 2. The first-order valence-corrected chi connectivity index (χ1v) is 11.0. The maximum absolute atomic E-state index is 9.41. The second-order valence-electron chi connectivity index (χ2n) is 8.08. The fraction of sp³-hybridized carbons (Fsp3) is 0.280. The van der Waals surface area contributed by atoms with Crippen molar-refractivity contribution in [2.75, 3.05) is 13.2 Å². The summed E-state index contributed by atoms with van der Waals surface area (Å²) in [7, 11) is 0. The van der Waals surface area contributed by atoms with Gasteiger partial charge in [-0.05, 0) is 79.3 Å². The lowest BCUT2D eigenvalue weighted by molar-refractivity contribution is 0.115. The summed E-state index contributed by atoms with van der Waals surface area (Å²) in [5, 5.41) is 18.8. The second-order valence-corrected chi connectivity index (χ2v) is 9.17. The van der Waals surface area contributed by atoms with Crippen LogP contribution in [0.2, 0.25) is 0 Å². The molecule has 4 nitrogen and oxygen atoms in total. The van der Waals surface area contributed by atoms with Crippen molar-refractivity contribution in [1.29, 1.82) is 0 Å². The van der Waals surface area contributed by atoms with Gasteiger partial charge < -0.3 is 20.7 Å². The maximum atomic E-state index is 9.41. The van der Waals surface area contributed by atoms with Crippen LogP contribution in [0.15, 0.2) is 70.5 Å². The van der Waals surface area contributed by atoms with Gasteiger partial charge in [-0.25, -0.2) is 0 Å². The summed E-state index contributed by atoms with van der Waals surface area (Å²) in [6.45, 7) is 1.62. The van der Waals surface area contributed by atoms with E-state index in [4.69, 9.17) is 10.5 Å². The van der Waals surface area contributed by atoms with E-state index in [1.54, 1.807) is 11.8 Å². The molecule has 0 fully saturated rings. The van der Waals surface area contributed by atoms with E-state index >= 15 is 0 Å². The highest BCUT2D eigenvalue weighted by Gasteiger charge is 2.23. The molecule has 3 aromatic carbocycles. The van der Waals surface area contributed by atoms with Gasteiger partial charge in [-0.2, -0.15) is 0 Å². The van der Waals surface area contributed by atoms with Crippen LogP contribution in [0.25, 0.3) is 0 Å². The number of benzene rings is 3. The van der Waals surface area contributed by atoms with Gasteiger partial charge in [0.25, 0.3) is 0 Å². The number of aliphatic hydroxyl groups excluding tert-OH is 2. The minimum Gasteiger partial charge on any atom is -0.457 e. The standard InChI is InChI=1S/C25H27NO3S/c1-17-2-5-21(6-3-17)29-22-7-9-24-20(14-22)13-19-12-18(4-8-23(19)30-24)10-11-25(26,15-27)16-28/h2-9,12,14,27-28H,10-11,13,15-16,26H2,1H3. The van der Waals surface area contributed by atoms with Crippen molar-refractivity contribution in [1.82, 2.24) is 0 Å². The SMILES string of the molecule is Cc1ccc(Oc2ccc3c(c2)Cc2cc(CCC(N)(CO)CO)ccc2S3)cc1. The second kappa shape index (κ2) is 8.82. The van der Waals surface area contributed by atoms with E-state index in [0.717, 1.165) is 24.3 Å². The Labute approximate surface area is 181 Å². The molecule has 0 unspecified atom stereocenters. The highest BCUT2D eigenvalue weighted by atomic mass is 32.2. The first kappa shape index (κ1) is 20.9. The smallest absolute Gasteiger partial charge is 0.127 e. The Morgan fingerprint density at radius 1 is 0.900 bits per heavy atom. The minimum atomic E-state index is -0.931. The molecule has 1 heterocycles. The molecular formula is C25H27NO3S. The average molecular weight is 422 g/mol. The number of hydrogen-bond acceptors (Lipinski definition) is 5. The van der Waals surface area contributed by atoms with Crippen LogP contribution in [-0.4, -0.2) is 29.0 Å². The molecule has 0 spiro atoms. The van der Waals surface area contributed by atoms with Crippen molar-refractivity contribution in [3.05, 3.63) is 82.9 Å². The lowest BCUT2D eigenvalue weighted by Crippen LogP contribution is -2.47. The molecule has 1 aliphatic heterocycles. The Balaban J connectivity index is 1.49. The zero-order chi connectivity index (χ0) is 21.1. The van der Waals surface area contributed by atoms with E-state index in [2.05, 4.69) is 37.3 Å². The van der Waals surface area contributed by atoms with E-state index in [1.165, 1.54) is 32.0 Å². The van der Waals surface area contributed by atoms with Crippen molar-refractivity contribution in [3.63, 3.8) is 0 Å². The number of nitrogens with two attached hydrogens (primary N) is 1.